The van der Waals surface area contributed by atoms with Gasteiger partial charge in [-0.15, -0.1) is 0 Å². The van der Waals surface area contributed by atoms with Crippen LogP contribution in [0.3, 0.4) is 0 Å². The molecule has 5 heteroatoms. The van der Waals surface area contributed by atoms with Gasteiger partial charge in [0.1, 0.15) is 0 Å². The normalized spacial score (nSPS) is 18.4. The van der Waals surface area contributed by atoms with Gasteiger partial charge in [0.15, 0.2) is 0 Å². The zero-order valence-electron chi connectivity index (χ0n) is 7.62. The summed E-state index contributed by atoms with van der Waals surface area (Å²) in [6.07, 6.45) is 1.12. The van der Waals surface area contributed by atoms with E-state index in [9.17, 15) is 9.59 Å². The lowest BCUT2D eigenvalue weighted by Gasteiger charge is -2.29. The molecule has 0 aromatic rings. The Kier molecular flexibility index (Phi) is 3.11. The van der Waals surface area contributed by atoms with Crippen LogP contribution >= 0.6 is 0 Å². The smallest absolute Gasteiger partial charge is 0.317 e. The Bertz CT molecular complexity index is 209. The third kappa shape index (κ3) is 2.34. The van der Waals surface area contributed by atoms with Crippen LogP contribution in [0.25, 0.3) is 0 Å². The van der Waals surface area contributed by atoms with Crippen molar-refractivity contribution in [2.24, 2.45) is 5.92 Å². The lowest BCUT2D eigenvalue weighted by atomic mass is 9.97. The molecular weight excluding hydrogens is 172 g/mol. The lowest BCUT2D eigenvalue weighted by Crippen LogP contribution is -2.44. The fourth-order valence-corrected chi connectivity index (χ4v) is 1.49. The van der Waals surface area contributed by atoms with Crippen LogP contribution in [-0.2, 0) is 4.79 Å². The molecule has 0 radical (unpaired) electrons. The van der Waals surface area contributed by atoms with Gasteiger partial charge >= 0.3 is 12.0 Å². The Labute approximate surface area is 76.7 Å². The minimum atomic E-state index is -0.753. The lowest BCUT2D eigenvalue weighted by molar-refractivity contribution is -0.143. The second-order valence-electron chi connectivity index (χ2n) is 3.15. The molecule has 0 bridgehead atoms. The van der Waals surface area contributed by atoms with Crippen LogP contribution in [-0.4, -0.2) is 42.1 Å². The van der Waals surface area contributed by atoms with Crippen molar-refractivity contribution < 1.29 is 14.7 Å². The van der Waals surface area contributed by atoms with Gasteiger partial charge < -0.3 is 15.3 Å². The van der Waals surface area contributed by atoms with E-state index in [-0.39, 0.29) is 11.9 Å². The summed E-state index contributed by atoms with van der Waals surface area (Å²) in [5, 5.41) is 11.2. The number of carbonyl (C=O) groups is 2. The van der Waals surface area contributed by atoms with Crippen LogP contribution < -0.4 is 5.32 Å². The summed E-state index contributed by atoms with van der Waals surface area (Å²) < 4.78 is 0. The minimum Gasteiger partial charge on any atom is -0.481 e. The molecule has 5 nitrogen and oxygen atoms in total. The van der Waals surface area contributed by atoms with E-state index in [2.05, 4.69) is 5.32 Å². The number of carbonyl (C=O) groups excluding carboxylic acids is 1. The van der Waals surface area contributed by atoms with E-state index in [0.29, 0.717) is 25.9 Å². The molecule has 0 unspecified atom stereocenters. The van der Waals surface area contributed by atoms with Crippen molar-refractivity contribution in [3.8, 4) is 0 Å². The van der Waals surface area contributed by atoms with Crippen molar-refractivity contribution in [3.63, 3.8) is 0 Å². The van der Waals surface area contributed by atoms with E-state index in [1.165, 1.54) is 0 Å². The van der Waals surface area contributed by atoms with E-state index >= 15 is 0 Å². The summed E-state index contributed by atoms with van der Waals surface area (Å²) >= 11 is 0. The average Bonchev–Trinajstić information content (AvgIpc) is 2.17. The molecule has 0 aromatic carbocycles. The van der Waals surface area contributed by atoms with Crippen LogP contribution in [0.15, 0.2) is 0 Å². The third-order valence-electron chi connectivity index (χ3n) is 2.35. The number of piperidine rings is 1. The molecule has 1 fully saturated rings. The van der Waals surface area contributed by atoms with Crippen molar-refractivity contribution in [2.75, 3.05) is 20.1 Å². The van der Waals surface area contributed by atoms with Gasteiger partial charge in [0.2, 0.25) is 0 Å². The van der Waals surface area contributed by atoms with Crippen LogP contribution in [0.2, 0.25) is 0 Å². The molecule has 1 saturated heterocycles. The molecule has 2 N–H and O–H groups in total. The fourth-order valence-electron chi connectivity index (χ4n) is 1.49. The number of aliphatic carboxylic acids is 1. The number of hydrogen-bond donors (Lipinski definition) is 2. The Balaban J connectivity index is 2.39. The van der Waals surface area contributed by atoms with Crippen LogP contribution in [0, 0.1) is 5.92 Å². The van der Waals surface area contributed by atoms with Crippen molar-refractivity contribution in [2.45, 2.75) is 12.8 Å². The predicted molar refractivity (Wildman–Crippen MR) is 46.4 cm³/mol. The molecule has 13 heavy (non-hydrogen) atoms. The summed E-state index contributed by atoms with van der Waals surface area (Å²) in [7, 11) is 1.58. The maximum Gasteiger partial charge on any atom is 0.317 e. The van der Waals surface area contributed by atoms with E-state index in [0.717, 1.165) is 0 Å². The van der Waals surface area contributed by atoms with Crippen molar-refractivity contribution >= 4 is 12.0 Å². The summed E-state index contributed by atoms with van der Waals surface area (Å²) in [5.74, 6) is -1.03. The highest BCUT2D eigenvalue weighted by Gasteiger charge is 2.26. The number of nitrogens with zero attached hydrogens (tertiary/aromatic N) is 1. The highest BCUT2D eigenvalue weighted by Crippen LogP contribution is 2.16. The van der Waals surface area contributed by atoms with Gasteiger partial charge in [-0.05, 0) is 12.8 Å². The zero-order chi connectivity index (χ0) is 9.84. The fraction of sp³-hybridized carbons (Fsp3) is 0.750. The third-order valence-corrected chi connectivity index (χ3v) is 2.35. The molecule has 74 valence electrons. The first-order valence-electron chi connectivity index (χ1n) is 4.34. The molecule has 0 aromatic heterocycles. The largest absolute Gasteiger partial charge is 0.481 e. The van der Waals surface area contributed by atoms with E-state index in [4.69, 9.17) is 5.11 Å². The quantitative estimate of drug-likeness (QED) is 0.611. The number of carboxylic acids is 1. The number of rotatable bonds is 1. The Morgan fingerprint density at radius 3 is 2.31 bits per heavy atom. The number of carboxylic acid groups (broad SMARTS) is 1. The molecule has 0 aliphatic carbocycles. The number of urea groups is 1. The van der Waals surface area contributed by atoms with E-state index < -0.39 is 5.97 Å². The first kappa shape index (κ1) is 9.83. The van der Waals surface area contributed by atoms with Crippen LogP contribution in [0.1, 0.15) is 12.8 Å². The Morgan fingerprint density at radius 2 is 1.92 bits per heavy atom. The van der Waals surface area contributed by atoms with Crippen molar-refractivity contribution in [1.29, 1.82) is 0 Å². The second-order valence-corrected chi connectivity index (χ2v) is 3.15. The first-order valence-corrected chi connectivity index (χ1v) is 4.34. The van der Waals surface area contributed by atoms with Crippen molar-refractivity contribution in [3.05, 3.63) is 0 Å². The van der Waals surface area contributed by atoms with Crippen LogP contribution in [0.5, 0.6) is 0 Å². The Morgan fingerprint density at radius 1 is 1.38 bits per heavy atom. The molecule has 2 amide bonds. The molecule has 0 saturated carbocycles. The highest BCUT2D eigenvalue weighted by molar-refractivity contribution is 5.75. The summed E-state index contributed by atoms with van der Waals surface area (Å²) in [4.78, 5) is 23.3. The maximum atomic E-state index is 11.1. The predicted octanol–water partition coefficient (Wildman–Crippen LogP) is 0.122. The maximum absolute atomic E-state index is 11.1. The SMILES string of the molecule is CNC(=O)N1CCC(C(=O)O)CC1. The molecular formula is C8H14N2O3. The van der Waals surface area contributed by atoms with Gasteiger partial charge in [0.25, 0.3) is 0 Å². The summed E-state index contributed by atoms with van der Waals surface area (Å²) in [5.41, 5.74) is 0. The van der Waals surface area contributed by atoms with Gasteiger partial charge in [0.05, 0.1) is 5.92 Å². The monoisotopic (exact) mass is 186 g/mol. The van der Waals surface area contributed by atoms with Gasteiger partial charge in [-0.2, -0.15) is 0 Å². The number of likely N-dealkylation sites (tertiary alicyclic amines) is 1. The van der Waals surface area contributed by atoms with Gasteiger partial charge in [-0.25, -0.2) is 4.79 Å². The molecule has 0 atom stereocenters. The van der Waals surface area contributed by atoms with Gasteiger partial charge in [-0.1, -0.05) is 0 Å². The standard InChI is InChI=1S/C8H14N2O3/c1-9-8(13)10-4-2-6(3-5-10)7(11)12/h6H,2-5H2,1H3,(H,9,13)(H,11,12). The summed E-state index contributed by atoms with van der Waals surface area (Å²) in [6.45, 7) is 1.08. The number of hydrogen-bond acceptors (Lipinski definition) is 2. The second kappa shape index (κ2) is 4.11. The first-order chi connectivity index (χ1) is 6.15. The summed E-state index contributed by atoms with van der Waals surface area (Å²) in [6, 6.07) is -0.121. The molecule has 1 aliphatic heterocycles. The molecule has 1 heterocycles. The number of amides is 2. The highest BCUT2D eigenvalue weighted by atomic mass is 16.4. The Hall–Kier alpha value is -1.26. The molecule has 0 spiro atoms. The van der Waals surface area contributed by atoms with Gasteiger partial charge in [-0.3, -0.25) is 4.79 Å². The average molecular weight is 186 g/mol. The van der Waals surface area contributed by atoms with E-state index in [1.54, 1.807) is 11.9 Å². The van der Waals surface area contributed by atoms with Crippen molar-refractivity contribution in [1.82, 2.24) is 10.2 Å². The number of nitrogens with one attached hydrogen (secondary N) is 1. The molecule has 1 aliphatic rings. The van der Waals surface area contributed by atoms with Crippen LogP contribution in [0.4, 0.5) is 4.79 Å². The molecule has 1 rings (SSSR count). The minimum absolute atomic E-state index is 0.121. The van der Waals surface area contributed by atoms with Gasteiger partial charge in [0, 0.05) is 20.1 Å². The topological polar surface area (TPSA) is 69.6 Å². The van der Waals surface area contributed by atoms with E-state index in [1.807, 2.05) is 0 Å². The zero-order valence-corrected chi connectivity index (χ0v) is 7.62.